The highest BCUT2D eigenvalue weighted by molar-refractivity contribution is 6.11. The third kappa shape index (κ3) is 4.54. The molecule has 2 heterocycles. The molecule has 0 saturated carbocycles. The van der Waals surface area contributed by atoms with Crippen molar-refractivity contribution in [3.63, 3.8) is 0 Å². The maximum absolute atomic E-state index is 13.2. The number of nitrogens with zero attached hydrogens (tertiary/aromatic N) is 4. The number of hydrogen-bond acceptors (Lipinski definition) is 6. The predicted molar refractivity (Wildman–Crippen MR) is 138 cm³/mol. The molecule has 0 saturated heterocycles. The topological polar surface area (TPSA) is 98.3 Å². The van der Waals surface area contributed by atoms with Crippen LogP contribution < -0.4 is 16.0 Å². The van der Waals surface area contributed by atoms with Crippen LogP contribution in [0.15, 0.2) is 48.5 Å². The maximum Gasteiger partial charge on any atom is 0.257 e. The van der Waals surface area contributed by atoms with Gasteiger partial charge >= 0.3 is 0 Å². The monoisotopic (exact) mass is 460 g/mol. The van der Waals surface area contributed by atoms with Gasteiger partial charge in [0.1, 0.15) is 16.9 Å². The van der Waals surface area contributed by atoms with Crippen LogP contribution in [0, 0.1) is 0 Å². The Morgan fingerprint density at radius 3 is 2.35 bits per heavy atom. The first-order valence-electron chi connectivity index (χ1n) is 11.9. The highest BCUT2D eigenvalue weighted by atomic mass is 16.5. The highest BCUT2D eigenvalue weighted by Gasteiger charge is 2.24. The van der Waals surface area contributed by atoms with Crippen LogP contribution in [0.25, 0.3) is 27.9 Å². The molecule has 4 rings (SSSR count). The summed E-state index contributed by atoms with van der Waals surface area (Å²) >= 11 is 0. The van der Waals surface area contributed by atoms with Crippen molar-refractivity contribution in [1.29, 1.82) is 0 Å². The molecule has 0 fully saturated rings. The second-order valence-corrected chi connectivity index (χ2v) is 7.98. The summed E-state index contributed by atoms with van der Waals surface area (Å²) in [5, 5.41) is 2.96. The Kier molecular flexibility index (Phi) is 7.27. The van der Waals surface area contributed by atoms with Gasteiger partial charge in [0.15, 0.2) is 5.65 Å². The number of aromatic nitrogens is 3. The van der Waals surface area contributed by atoms with Gasteiger partial charge in [-0.2, -0.15) is 0 Å². The number of carbonyl (C=O) groups is 1. The first kappa shape index (κ1) is 23.5. The molecule has 0 unspecified atom stereocenters. The minimum atomic E-state index is -0.262. The summed E-state index contributed by atoms with van der Waals surface area (Å²) in [6, 6.07) is 15.8. The lowest BCUT2D eigenvalue weighted by Gasteiger charge is -2.21. The molecule has 178 valence electrons. The van der Waals surface area contributed by atoms with Crippen LogP contribution in [-0.2, 0) is 4.74 Å². The van der Waals surface area contributed by atoms with Gasteiger partial charge in [0, 0.05) is 44.2 Å². The van der Waals surface area contributed by atoms with Gasteiger partial charge in [0.2, 0.25) is 0 Å². The lowest BCUT2D eigenvalue weighted by Crippen LogP contribution is -2.26. The zero-order valence-corrected chi connectivity index (χ0v) is 20.0. The number of carbonyl (C=O) groups excluding carboxylic acids is 1. The number of ether oxygens (including phenoxy) is 1. The van der Waals surface area contributed by atoms with Crippen LogP contribution >= 0.6 is 0 Å². The van der Waals surface area contributed by atoms with Crippen molar-refractivity contribution >= 4 is 39.6 Å². The van der Waals surface area contributed by atoms with Crippen molar-refractivity contribution in [2.75, 3.05) is 43.5 Å². The number of amides is 1. The van der Waals surface area contributed by atoms with Gasteiger partial charge in [-0.05, 0) is 63.6 Å². The van der Waals surface area contributed by atoms with Crippen molar-refractivity contribution in [3.05, 3.63) is 54.1 Å². The van der Waals surface area contributed by atoms with Crippen molar-refractivity contribution in [2.45, 2.75) is 27.2 Å². The summed E-state index contributed by atoms with van der Waals surface area (Å²) in [7, 11) is 0. The van der Waals surface area contributed by atoms with Gasteiger partial charge in [-0.25, -0.2) is 9.97 Å². The van der Waals surface area contributed by atoms with E-state index in [0.717, 1.165) is 41.9 Å². The Bertz CT molecular complexity index is 1280. The van der Waals surface area contributed by atoms with Gasteiger partial charge in [-0.3, -0.25) is 9.36 Å². The smallest absolute Gasteiger partial charge is 0.257 e. The lowest BCUT2D eigenvalue weighted by atomic mass is 10.2. The van der Waals surface area contributed by atoms with Crippen molar-refractivity contribution in [2.24, 2.45) is 0 Å². The van der Waals surface area contributed by atoms with E-state index in [1.165, 1.54) is 0 Å². The summed E-state index contributed by atoms with van der Waals surface area (Å²) in [6.07, 6.45) is 0.722. The van der Waals surface area contributed by atoms with E-state index >= 15 is 0 Å². The fraction of sp³-hybridized carbons (Fsp3) is 0.346. The summed E-state index contributed by atoms with van der Waals surface area (Å²) in [6.45, 7) is 9.81. The summed E-state index contributed by atoms with van der Waals surface area (Å²) < 4.78 is 7.18. The molecule has 2 aromatic heterocycles. The number of nitrogens with one attached hydrogen (secondary N) is 1. The van der Waals surface area contributed by atoms with Crippen molar-refractivity contribution in [3.8, 4) is 5.69 Å². The van der Waals surface area contributed by atoms with E-state index < -0.39 is 0 Å². The fourth-order valence-corrected chi connectivity index (χ4v) is 4.16. The van der Waals surface area contributed by atoms with Gasteiger partial charge in [-0.1, -0.05) is 12.1 Å². The van der Waals surface area contributed by atoms with Crippen molar-refractivity contribution < 1.29 is 9.53 Å². The molecule has 1 amide bonds. The Labute approximate surface area is 199 Å². The van der Waals surface area contributed by atoms with Crippen LogP contribution in [-0.4, -0.2) is 53.3 Å². The summed E-state index contributed by atoms with van der Waals surface area (Å²) in [5.74, 6) is 0.0605. The fourth-order valence-electron chi connectivity index (χ4n) is 4.16. The molecule has 0 bridgehead atoms. The first-order chi connectivity index (χ1) is 16.6. The third-order valence-electron chi connectivity index (χ3n) is 5.92. The number of benzene rings is 2. The van der Waals surface area contributed by atoms with E-state index in [4.69, 9.17) is 20.4 Å². The van der Waals surface area contributed by atoms with E-state index in [9.17, 15) is 4.79 Å². The Morgan fingerprint density at radius 1 is 1.03 bits per heavy atom. The molecule has 0 atom stereocenters. The van der Waals surface area contributed by atoms with Gasteiger partial charge < -0.3 is 20.7 Å². The Hall–Kier alpha value is -3.65. The second-order valence-electron chi connectivity index (χ2n) is 7.98. The number of anilines is 2. The third-order valence-corrected chi connectivity index (χ3v) is 5.92. The molecule has 0 aliphatic heterocycles. The highest BCUT2D eigenvalue weighted by Crippen LogP contribution is 2.31. The average molecular weight is 461 g/mol. The molecule has 34 heavy (non-hydrogen) atoms. The second kappa shape index (κ2) is 10.5. The number of fused-ring (bicyclic) bond motifs is 2. The minimum Gasteiger partial charge on any atom is -0.384 e. The van der Waals surface area contributed by atoms with Gasteiger partial charge in [0.05, 0.1) is 11.0 Å². The molecule has 3 N–H and O–H groups in total. The van der Waals surface area contributed by atoms with E-state index in [-0.39, 0.29) is 5.91 Å². The molecule has 2 aromatic carbocycles. The zero-order valence-electron chi connectivity index (χ0n) is 20.0. The molecule has 0 radical (unpaired) electrons. The number of nitrogens with two attached hydrogens (primary N) is 1. The average Bonchev–Trinajstić information content (AvgIpc) is 3.14. The molecule has 4 aromatic rings. The SMILES string of the molecule is CCOCCCNC(=O)c1c(N)n(-c2ccc(N(CC)CC)cc2)c2nc3ccccc3nc12. The van der Waals surface area contributed by atoms with Gasteiger partial charge in [0.25, 0.3) is 5.91 Å². The summed E-state index contributed by atoms with van der Waals surface area (Å²) in [4.78, 5) is 25.1. The summed E-state index contributed by atoms with van der Waals surface area (Å²) in [5.41, 5.74) is 11.4. The number of nitrogen functional groups attached to an aromatic ring is 1. The molecule has 8 nitrogen and oxygen atoms in total. The Balaban J connectivity index is 1.79. The van der Waals surface area contributed by atoms with Crippen LogP contribution in [0.5, 0.6) is 0 Å². The largest absolute Gasteiger partial charge is 0.384 e. The molecule has 0 spiro atoms. The lowest BCUT2D eigenvalue weighted by molar-refractivity contribution is 0.0946. The first-order valence-corrected chi connectivity index (χ1v) is 11.9. The normalized spacial score (nSPS) is 11.3. The number of rotatable bonds is 10. The quantitative estimate of drug-likeness (QED) is 0.345. The molecular weight excluding hydrogens is 428 g/mol. The number of hydrogen-bond donors (Lipinski definition) is 2. The van der Waals surface area contributed by atoms with E-state index in [2.05, 4.69) is 36.2 Å². The van der Waals surface area contributed by atoms with Crippen LogP contribution in [0.4, 0.5) is 11.5 Å². The minimum absolute atomic E-state index is 0.262. The van der Waals surface area contributed by atoms with E-state index in [0.29, 0.717) is 42.3 Å². The van der Waals surface area contributed by atoms with Crippen LogP contribution in [0.2, 0.25) is 0 Å². The van der Waals surface area contributed by atoms with Crippen LogP contribution in [0.1, 0.15) is 37.6 Å². The van der Waals surface area contributed by atoms with Crippen molar-refractivity contribution in [1.82, 2.24) is 19.9 Å². The molecular formula is C26H32N6O2. The Morgan fingerprint density at radius 2 is 1.71 bits per heavy atom. The van der Waals surface area contributed by atoms with E-state index in [1.807, 2.05) is 47.9 Å². The zero-order chi connectivity index (χ0) is 24.1. The van der Waals surface area contributed by atoms with Gasteiger partial charge in [-0.15, -0.1) is 0 Å². The predicted octanol–water partition coefficient (Wildman–Crippen LogP) is 4.16. The molecule has 8 heteroatoms. The molecule has 0 aliphatic rings. The maximum atomic E-state index is 13.2. The standard InChI is InChI=1S/C26H32N6O2/c1-4-31(5-2)18-12-14-19(15-13-18)32-24(27)22(26(33)28-16-9-17-34-6-3)23-25(32)30-21-11-8-7-10-20(21)29-23/h7-8,10-15H,4-6,9,16-17,27H2,1-3H3,(H,28,33). The number of para-hydroxylation sites is 2. The van der Waals surface area contributed by atoms with Crippen LogP contribution in [0.3, 0.4) is 0 Å². The molecule has 0 aliphatic carbocycles. The van der Waals surface area contributed by atoms with E-state index in [1.54, 1.807) is 0 Å².